The molecule has 0 unspecified atom stereocenters. The van der Waals surface area contributed by atoms with Crippen LogP contribution in [0, 0.1) is 18.3 Å². The zero-order valence-corrected chi connectivity index (χ0v) is 10.7. The van der Waals surface area contributed by atoms with Gasteiger partial charge in [-0.15, -0.1) is 0 Å². The summed E-state index contributed by atoms with van der Waals surface area (Å²) in [6.45, 7) is 2.08. The molecule has 0 aliphatic carbocycles. The Bertz CT molecular complexity index is 777. The molecule has 0 aliphatic rings. The maximum atomic E-state index is 9.18. The third-order valence-electron chi connectivity index (χ3n) is 3.41. The van der Waals surface area contributed by atoms with Gasteiger partial charge in [0.1, 0.15) is 0 Å². The molecule has 90 valence electrons. The number of fused-ring (bicyclic) bond motifs is 1. The van der Waals surface area contributed by atoms with Gasteiger partial charge in [-0.3, -0.25) is 0 Å². The van der Waals surface area contributed by atoms with Gasteiger partial charge in [0.25, 0.3) is 0 Å². The molecule has 0 heterocycles. The summed E-state index contributed by atoms with van der Waals surface area (Å²) in [5.74, 6) is 0. The highest BCUT2D eigenvalue weighted by Gasteiger charge is 2.06. The van der Waals surface area contributed by atoms with Crippen molar-refractivity contribution in [1.82, 2.24) is 0 Å². The molecular weight excluding hydrogens is 230 g/mol. The smallest absolute Gasteiger partial charge is 0.0998 e. The van der Waals surface area contributed by atoms with E-state index in [2.05, 4.69) is 43.3 Å². The lowest BCUT2D eigenvalue weighted by Crippen LogP contribution is -1.85. The molecule has 0 radical (unpaired) electrons. The predicted molar refractivity (Wildman–Crippen MR) is 78.8 cm³/mol. The standard InChI is InChI=1S/C18H13N/c1-13-6-8-14(9-7-13)17-11-10-15(12-19)16-4-2-3-5-18(16)17/h2-11H,1H3. The monoisotopic (exact) mass is 243 g/mol. The maximum Gasteiger partial charge on any atom is 0.0998 e. The molecule has 0 saturated heterocycles. The molecular formula is C18H13N. The van der Waals surface area contributed by atoms with E-state index in [4.69, 9.17) is 0 Å². The zero-order valence-electron chi connectivity index (χ0n) is 10.7. The van der Waals surface area contributed by atoms with Gasteiger partial charge in [-0.2, -0.15) is 5.26 Å². The first-order valence-corrected chi connectivity index (χ1v) is 6.28. The first kappa shape index (κ1) is 11.5. The summed E-state index contributed by atoms with van der Waals surface area (Å²) in [6.07, 6.45) is 0. The number of hydrogen-bond acceptors (Lipinski definition) is 1. The quantitative estimate of drug-likeness (QED) is 0.608. The first-order chi connectivity index (χ1) is 9.29. The lowest BCUT2D eigenvalue weighted by atomic mass is 9.95. The topological polar surface area (TPSA) is 23.8 Å². The Morgan fingerprint density at radius 2 is 1.47 bits per heavy atom. The van der Waals surface area contributed by atoms with Crippen LogP contribution in [-0.2, 0) is 0 Å². The average Bonchev–Trinajstić information content (AvgIpc) is 2.47. The van der Waals surface area contributed by atoms with Gasteiger partial charge in [0, 0.05) is 5.39 Å². The largest absolute Gasteiger partial charge is 0.192 e. The normalized spacial score (nSPS) is 10.3. The van der Waals surface area contributed by atoms with Gasteiger partial charge in [0.2, 0.25) is 0 Å². The van der Waals surface area contributed by atoms with Gasteiger partial charge < -0.3 is 0 Å². The van der Waals surface area contributed by atoms with E-state index in [1.807, 2.05) is 30.3 Å². The van der Waals surface area contributed by atoms with Crippen LogP contribution in [0.1, 0.15) is 11.1 Å². The maximum absolute atomic E-state index is 9.18. The van der Waals surface area contributed by atoms with Gasteiger partial charge in [-0.25, -0.2) is 0 Å². The molecule has 0 atom stereocenters. The minimum absolute atomic E-state index is 0.728. The molecule has 3 aromatic rings. The van der Waals surface area contributed by atoms with Crippen LogP contribution in [0.3, 0.4) is 0 Å². The lowest BCUT2D eigenvalue weighted by molar-refractivity contribution is 1.47. The number of rotatable bonds is 1. The molecule has 0 bridgehead atoms. The summed E-state index contributed by atoms with van der Waals surface area (Å²) in [5, 5.41) is 11.3. The van der Waals surface area contributed by atoms with E-state index in [1.165, 1.54) is 16.7 Å². The van der Waals surface area contributed by atoms with Crippen LogP contribution in [0.25, 0.3) is 21.9 Å². The van der Waals surface area contributed by atoms with Crippen molar-refractivity contribution in [2.75, 3.05) is 0 Å². The molecule has 19 heavy (non-hydrogen) atoms. The third kappa shape index (κ3) is 1.98. The SMILES string of the molecule is Cc1ccc(-c2ccc(C#N)c3ccccc23)cc1. The summed E-state index contributed by atoms with van der Waals surface area (Å²) >= 11 is 0. The molecule has 0 N–H and O–H groups in total. The number of nitriles is 1. The number of hydrogen-bond donors (Lipinski definition) is 0. The average molecular weight is 243 g/mol. The van der Waals surface area contributed by atoms with Crippen LogP contribution >= 0.6 is 0 Å². The Morgan fingerprint density at radius 1 is 0.789 bits per heavy atom. The van der Waals surface area contributed by atoms with Crippen molar-refractivity contribution in [2.24, 2.45) is 0 Å². The molecule has 0 saturated carbocycles. The van der Waals surface area contributed by atoms with Crippen molar-refractivity contribution in [2.45, 2.75) is 6.92 Å². The van der Waals surface area contributed by atoms with Gasteiger partial charge in [-0.1, -0.05) is 60.2 Å². The summed E-state index contributed by atoms with van der Waals surface area (Å²) in [4.78, 5) is 0. The third-order valence-corrected chi connectivity index (χ3v) is 3.41. The Hall–Kier alpha value is -2.59. The zero-order chi connectivity index (χ0) is 13.2. The van der Waals surface area contributed by atoms with Gasteiger partial charge in [0.15, 0.2) is 0 Å². The highest BCUT2D eigenvalue weighted by atomic mass is 14.2. The molecule has 0 fully saturated rings. The van der Waals surface area contributed by atoms with E-state index < -0.39 is 0 Å². The summed E-state index contributed by atoms with van der Waals surface area (Å²) in [5.41, 5.74) is 4.34. The molecule has 3 aromatic carbocycles. The Balaban J connectivity index is 2.31. The van der Waals surface area contributed by atoms with E-state index in [1.54, 1.807) is 0 Å². The van der Waals surface area contributed by atoms with Gasteiger partial charge in [-0.05, 0) is 29.5 Å². The van der Waals surface area contributed by atoms with E-state index >= 15 is 0 Å². The number of benzene rings is 3. The first-order valence-electron chi connectivity index (χ1n) is 6.28. The van der Waals surface area contributed by atoms with E-state index in [9.17, 15) is 5.26 Å². The molecule has 1 nitrogen and oxygen atoms in total. The van der Waals surface area contributed by atoms with Crippen LogP contribution in [-0.4, -0.2) is 0 Å². The fraction of sp³-hybridized carbons (Fsp3) is 0.0556. The number of aryl methyl sites for hydroxylation is 1. The van der Waals surface area contributed by atoms with Crippen LogP contribution in [0.5, 0.6) is 0 Å². The molecule has 0 amide bonds. The van der Waals surface area contributed by atoms with Crippen molar-refractivity contribution in [3.63, 3.8) is 0 Å². The lowest BCUT2D eigenvalue weighted by Gasteiger charge is -2.08. The van der Waals surface area contributed by atoms with Crippen molar-refractivity contribution in [1.29, 1.82) is 5.26 Å². The second-order valence-corrected chi connectivity index (χ2v) is 4.68. The predicted octanol–water partition coefficient (Wildman–Crippen LogP) is 4.69. The molecule has 0 aliphatic heterocycles. The van der Waals surface area contributed by atoms with Crippen molar-refractivity contribution in [3.05, 3.63) is 71.8 Å². The second-order valence-electron chi connectivity index (χ2n) is 4.68. The van der Waals surface area contributed by atoms with E-state index in [0.717, 1.165) is 16.3 Å². The van der Waals surface area contributed by atoms with Gasteiger partial charge in [0.05, 0.1) is 11.6 Å². The van der Waals surface area contributed by atoms with Crippen molar-refractivity contribution < 1.29 is 0 Å². The minimum atomic E-state index is 0.728. The Labute approximate surface area is 112 Å². The fourth-order valence-electron chi connectivity index (χ4n) is 2.38. The highest BCUT2D eigenvalue weighted by Crippen LogP contribution is 2.30. The highest BCUT2D eigenvalue weighted by molar-refractivity contribution is 5.99. The van der Waals surface area contributed by atoms with Crippen LogP contribution in [0.15, 0.2) is 60.7 Å². The second kappa shape index (κ2) is 4.59. The molecule has 1 heteroatoms. The molecule has 0 spiro atoms. The summed E-state index contributed by atoms with van der Waals surface area (Å²) in [6, 6.07) is 22.7. The van der Waals surface area contributed by atoms with Crippen molar-refractivity contribution >= 4 is 10.8 Å². The Kier molecular flexibility index (Phi) is 2.78. The van der Waals surface area contributed by atoms with Crippen molar-refractivity contribution in [3.8, 4) is 17.2 Å². The van der Waals surface area contributed by atoms with E-state index in [0.29, 0.717) is 0 Å². The van der Waals surface area contributed by atoms with E-state index in [-0.39, 0.29) is 0 Å². The summed E-state index contributed by atoms with van der Waals surface area (Å²) in [7, 11) is 0. The van der Waals surface area contributed by atoms with Crippen LogP contribution in [0.4, 0.5) is 0 Å². The minimum Gasteiger partial charge on any atom is -0.192 e. The number of nitrogens with zero attached hydrogens (tertiary/aromatic N) is 1. The summed E-state index contributed by atoms with van der Waals surface area (Å²) < 4.78 is 0. The molecule has 0 aromatic heterocycles. The fourth-order valence-corrected chi connectivity index (χ4v) is 2.38. The Morgan fingerprint density at radius 3 is 2.16 bits per heavy atom. The molecule has 3 rings (SSSR count). The van der Waals surface area contributed by atoms with Crippen LogP contribution in [0.2, 0.25) is 0 Å². The van der Waals surface area contributed by atoms with Crippen LogP contribution < -0.4 is 0 Å². The van der Waals surface area contributed by atoms with Gasteiger partial charge >= 0.3 is 0 Å².